The Morgan fingerprint density at radius 2 is 2.11 bits per heavy atom. The van der Waals surface area contributed by atoms with Gasteiger partial charge in [-0.15, -0.1) is 0 Å². The summed E-state index contributed by atoms with van der Waals surface area (Å²) < 4.78 is 5.43. The van der Waals surface area contributed by atoms with Crippen molar-refractivity contribution in [1.82, 2.24) is 10.2 Å². The number of hydrogen-bond acceptors (Lipinski definition) is 3. The number of benzene rings is 1. The largest absolute Gasteiger partial charge is 0.357 e. The van der Waals surface area contributed by atoms with Gasteiger partial charge in [0.15, 0.2) is 6.10 Å². The van der Waals surface area contributed by atoms with Gasteiger partial charge in [0, 0.05) is 14.1 Å². The molecule has 0 aliphatic carbocycles. The fraction of sp³-hybridized carbons (Fsp3) is 0.429. The molecule has 2 amide bonds. The van der Waals surface area contributed by atoms with Crippen LogP contribution < -0.4 is 5.32 Å². The molecule has 1 N–H and O–H groups in total. The first-order chi connectivity index (χ1) is 9.06. The SMILES string of the molecule is CNC(=O)[C@H]1OCC(=O)N(C)[C@@H]1c1ccccc1C. The molecule has 102 valence electrons. The molecule has 0 spiro atoms. The third kappa shape index (κ3) is 2.46. The van der Waals surface area contributed by atoms with E-state index in [2.05, 4.69) is 5.32 Å². The molecule has 1 aromatic rings. The van der Waals surface area contributed by atoms with E-state index in [-0.39, 0.29) is 24.5 Å². The lowest BCUT2D eigenvalue weighted by Crippen LogP contribution is -2.52. The van der Waals surface area contributed by atoms with Crippen LogP contribution in [0.2, 0.25) is 0 Å². The monoisotopic (exact) mass is 262 g/mol. The minimum atomic E-state index is -0.672. The highest BCUT2D eigenvalue weighted by Crippen LogP contribution is 2.31. The Balaban J connectivity index is 2.43. The van der Waals surface area contributed by atoms with Crippen LogP contribution in [0.25, 0.3) is 0 Å². The number of nitrogens with zero attached hydrogens (tertiary/aromatic N) is 1. The summed E-state index contributed by atoms with van der Waals surface area (Å²) in [5.74, 6) is -0.332. The molecule has 19 heavy (non-hydrogen) atoms. The summed E-state index contributed by atoms with van der Waals surface area (Å²) in [4.78, 5) is 25.3. The maximum atomic E-state index is 11.9. The van der Waals surface area contributed by atoms with Gasteiger partial charge in [-0.2, -0.15) is 0 Å². The third-order valence-electron chi connectivity index (χ3n) is 3.50. The Bertz CT molecular complexity index is 501. The summed E-state index contributed by atoms with van der Waals surface area (Å²) in [6.07, 6.45) is -0.672. The molecule has 0 radical (unpaired) electrons. The van der Waals surface area contributed by atoms with E-state index in [9.17, 15) is 9.59 Å². The predicted octanol–water partition coefficient (Wildman–Crippen LogP) is 0.639. The second-order valence-corrected chi connectivity index (χ2v) is 4.65. The van der Waals surface area contributed by atoms with Crippen LogP contribution in [0.3, 0.4) is 0 Å². The van der Waals surface area contributed by atoms with E-state index >= 15 is 0 Å². The number of likely N-dealkylation sites (N-methyl/N-ethyl adjacent to an activating group) is 2. The van der Waals surface area contributed by atoms with E-state index in [1.807, 2.05) is 31.2 Å². The van der Waals surface area contributed by atoms with Crippen LogP contribution in [0.15, 0.2) is 24.3 Å². The first-order valence-corrected chi connectivity index (χ1v) is 6.20. The van der Waals surface area contributed by atoms with Gasteiger partial charge in [-0.05, 0) is 18.1 Å². The third-order valence-corrected chi connectivity index (χ3v) is 3.50. The first-order valence-electron chi connectivity index (χ1n) is 6.20. The zero-order chi connectivity index (χ0) is 14.0. The summed E-state index contributed by atoms with van der Waals surface area (Å²) in [5.41, 5.74) is 1.97. The molecule has 5 nitrogen and oxygen atoms in total. The Kier molecular flexibility index (Phi) is 3.85. The standard InChI is InChI=1S/C14H18N2O3/c1-9-6-4-5-7-10(9)12-13(14(18)15-2)19-8-11(17)16(12)3/h4-7,12-13H,8H2,1-3H3,(H,15,18)/t12-,13+/m1/s1. The minimum Gasteiger partial charge on any atom is -0.357 e. The molecule has 1 fully saturated rings. The van der Waals surface area contributed by atoms with Crippen LogP contribution in [0.5, 0.6) is 0 Å². The number of amides is 2. The number of carbonyl (C=O) groups is 2. The lowest BCUT2D eigenvalue weighted by atomic mass is 9.94. The number of rotatable bonds is 2. The van der Waals surface area contributed by atoms with Crippen LogP contribution in [-0.4, -0.2) is 43.5 Å². The van der Waals surface area contributed by atoms with Crippen molar-refractivity contribution in [3.05, 3.63) is 35.4 Å². The Hall–Kier alpha value is -1.88. The van der Waals surface area contributed by atoms with Gasteiger partial charge < -0.3 is 15.0 Å². The lowest BCUT2D eigenvalue weighted by Gasteiger charge is -2.38. The highest BCUT2D eigenvalue weighted by Gasteiger charge is 2.40. The smallest absolute Gasteiger partial charge is 0.251 e. The fourth-order valence-electron chi connectivity index (χ4n) is 2.36. The minimum absolute atomic E-state index is 0.0586. The summed E-state index contributed by atoms with van der Waals surface area (Å²) in [6.45, 7) is 1.90. The number of hydrogen-bond donors (Lipinski definition) is 1. The van der Waals surface area contributed by atoms with E-state index in [1.165, 1.54) is 0 Å². The van der Waals surface area contributed by atoms with Gasteiger partial charge in [0.1, 0.15) is 6.61 Å². The molecule has 2 atom stereocenters. The Morgan fingerprint density at radius 3 is 2.74 bits per heavy atom. The van der Waals surface area contributed by atoms with Crippen molar-refractivity contribution < 1.29 is 14.3 Å². The maximum absolute atomic E-state index is 11.9. The van der Waals surface area contributed by atoms with Gasteiger partial charge >= 0.3 is 0 Å². The van der Waals surface area contributed by atoms with E-state index in [4.69, 9.17) is 4.74 Å². The first kappa shape index (κ1) is 13.5. The highest BCUT2D eigenvalue weighted by molar-refractivity contribution is 5.86. The highest BCUT2D eigenvalue weighted by atomic mass is 16.5. The van der Waals surface area contributed by atoms with Gasteiger partial charge in [0.2, 0.25) is 5.91 Å². The van der Waals surface area contributed by atoms with Crippen molar-refractivity contribution >= 4 is 11.8 Å². The van der Waals surface area contributed by atoms with Crippen molar-refractivity contribution in [2.75, 3.05) is 20.7 Å². The maximum Gasteiger partial charge on any atom is 0.251 e. The topological polar surface area (TPSA) is 58.6 Å². The van der Waals surface area contributed by atoms with Crippen molar-refractivity contribution in [1.29, 1.82) is 0 Å². The van der Waals surface area contributed by atoms with Crippen LogP contribution in [0, 0.1) is 6.92 Å². The molecule has 0 aromatic heterocycles. The molecule has 0 saturated carbocycles. The molecule has 1 saturated heterocycles. The number of carbonyl (C=O) groups excluding carboxylic acids is 2. The van der Waals surface area contributed by atoms with E-state index in [1.54, 1.807) is 19.0 Å². The molecule has 1 aliphatic heterocycles. The summed E-state index contributed by atoms with van der Waals surface area (Å²) in [6, 6.07) is 7.33. The van der Waals surface area contributed by atoms with Gasteiger partial charge in [-0.25, -0.2) is 0 Å². The molecule has 0 bridgehead atoms. The van der Waals surface area contributed by atoms with Gasteiger partial charge in [-0.3, -0.25) is 9.59 Å². The van der Waals surface area contributed by atoms with Gasteiger partial charge in [0.25, 0.3) is 5.91 Å². The number of nitrogens with one attached hydrogen (secondary N) is 1. The number of aryl methyl sites for hydroxylation is 1. The zero-order valence-corrected chi connectivity index (χ0v) is 11.3. The summed E-state index contributed by atoms with van der Waals surface area (Å²) in [5, 5.41) is 2.59. The van der Waals surface area contributed by atoms with E-state index in [0.29, 0.717) is 0 Å². The Morgan fingerprint density at radius 1 is 1.42 bits per heavy atom. The Labute approximate surface area is 112 Å². The zero-order valence-electron chi connectivity index (χ0n) is 11.3. The fourth-order valence-corrected chi connectivity index (χ4v) is 2.36. The molecular weight excluding hydrogens is 244 g/mol. The van der Waals surface area contributed by atoms with Gasteiger partial charge in [0.05, 0.1) is 6.04 Å². The number of ether oxygens (including phenoxy) is 1. The molecule has 2 rings (SSSR count). The lowest BCUT2D eigenvalue weighted by molar-refractivity contribution is -0.161. The average molecular weight is 262 g/mol. The number of morpholine rings is 1. The van der Waals surface area contributed by atoms with E-state index in [0.717, 1.165) is 11.1 Å². The molecule has 0 unspecified atom stereocenters. The predicted molar refractivity (Wildman–Crippen MR) is 70.5 cm³/mol. The summed E-state index contributed by atoms with van der Waals surface area (Å²) in [7, 11) is 3.27. The van der Waals surface area contributed by atoms with Crippen molar-refractivity contribution in [2.45, 2.75) is 19.1 Å². The molecular formula is C14H18N2O3. The van der Waals surface area contributed by atoms with Crippen LogP contribution >= 0.6 is 0 Å². The normalized spacial score (nSPS) is 23.3. The quantitative estimate of drug-likeness (QED) is 0.851. The molecule has 1 heterocycles. The van der Waals surface area contributed by atoms with Crippen molar-refractivity contribution in [2.24, 2.45) is 0 Å². The molecule has 5 heteroatoms. The second kappa shape index (κ2) is 5.40. The average Bonchev–Trinajstić information content (AvgIpc) is 2.42. The van der Waals surface area contributed by atoms with E-state index < -0.39 is 6.10 Å². The van der Waals surface area contributed by atoms with Crippen LogP contribution in [-0.2, 0) is 14.3 Å². The van der Waals surface area contributed by atoms with Crippen LogP contribution in [0.1, 0.15) is 17.2 Å². The van der Waals surface area contributed by atoms with Crippen molar-refractivity contribution in [3.8, 4) is 0 Å². The molecule has 1 aromatic carbocycles. The van der Waals surface area contributed by atoms with Crippen LogP contribution in [0.4, 0.5) is 0 Å². The van der Waals surface area contributed by atoms with Gasteiger partial charge in [-0.1, -0.05) is 24.3 Å². The molecule has 1 aliphatic rings. The second-order valence-electron chi connectivity index (χ2n) is 4.65. The van der Waals surface area contributed by atoms with Crippen molar-refractivity contribution in [3.63, 3.8) is 0 Å². The summed E-state index contributed by atoms with van der Waals surface area (Å²) >= 11 is 0.